The van der Waals surface area contributed by atoms with Gasteiger partial charge in [0.25, 0.3) is 0 Å². The largest absolute Gasteiger partial charge is 0.573 e. The molecule has 0 unspecified atom stereocenters. The molecule has 2 aromatic rings. The fraction of sp³-hybridized carbons (Fsp3) is 0.368. The quantitative estimate of drug-likeness (QED) is 0.721. The number of hydrogen-bond donors (Lipinski definition) is 1. The van der Waals surface area contributed by atoms with E-state index in [1.807, 2.05) is 0 Å². The molecule has 0 aliphatic carbocycles. The van der Waals surface area contributed by atoms with E-state index in [0.717, 1.165) is 24.3 Å². The van der Waals surface area contributed by atoms with Crippen molar-refractivity contribution in [1.82, 2.24) is 10.2 Å². The van der Waals surface area contributed by atoms with Gasteiger partial charge in [0.1, 0.15) is 11.6 Å². The molecule has 0 radical (unpaired) electrons. The number of ether oxygens (including phenoxy) is 1. The van der Waals surface area contributed by atoms with E-state index in [1.54, 1.807) is 4.90 Å². The lowest BCUT2D eigenvalue weighted by molar-refractivity contribution is -0.274. The van der Waals surface area contributed by atoms with Gasteiger partial charge in [0.2, 0.25) is 0 Å². The molecule has 1 aliphatic rings. The molecular weight excluding hydrogens is 405 g/mol. The number of nitrogens with one attached hydrogen (secondary N) is 1. The van der Waals surface area contributed by atoms with E-state index >= 15 is 0 Å². The highest BCUT2D eigenvalue weighted by molar-refractivity contribution is 5.39. The predicted octanol–water partition coefficient (Wildman–Crippen LogP) is 4.74. The lowest BCUT2D eigenvalue weighted by Crippen LogP contribution is -2.45. The van der Waals surface area contributed by atoms with Gasteiger partial charge >= 0.3 is 12.5 Å². The van der Waals surface area contributed by atoms with E-state index in [1.165, 1.54) is 12.1 Å². The summed E-state index contributed by atoms with van der Waals surface area (Å²) in [6.07, 6.45) is -9.52. The van der Waals surface area contributed by atoms with Gasteiger partial charge in [-0.1, -0.05) is 12.1 Å². The molecule has 2 aromatic carbocycles. The second-order valence-corrected chi connectivity index (χ2v) is 6.54. The molecular formula is C19H17F7N2O. The van der Waals surface area contributed by atoms with Crippen LogP contribution in [0.3, 0.4) is 0 Å². The van der Waals surface area contributed by atoms with Crippen molar-refractivity contribution in [3.63, 3.8) is 0 Å². The summed E-state index contributed by atoms with van der Waals surface area (Å²) in [5.41, 5.74) is -0.822. The highest BCUT2D eigenvalue weighted by Crippen LogP contribution is 2.37. The first-order chi connectivity index (χ1) is 13.5. The van der Waals surface area contributed by atoms with E-state index in [0.29, 0.717) is 37.8 Å². The summed E-state index contributed by atoms with van der Waals surface area (Å²) in [6, 6.07) is 6.00. The number of alkyl halides is 6. The van der Waals surface area contributed by atoms with Crippen molar-refractivity contribution in [2.24, 2.45) is 0 Å². The monoisotopic (exact) mass is 422 g/mol. The van der Waals surface area contributed by atoms with Gasteiger partial charge in [-0.2, -0.15) is 13.2 Å². The van der Waals surface area contributed by atoms with Crippen LogP contribution in [0.25, 0.3) is 0 Å². The van der Waals surface area contributed by atoms with E-state index in [-0.39, 0.29) is 5.56 Å². The average molecular weight is 422 g/mol. The molecule has 1 heterocycles. The van der Waals surface area contributed by atoms with Crippen molar-refractivity contribution < 1.29 is 35.5 Å². The molecule has 10 heteroatoms. The summed E-state index contributed by atoms with van der Waals surface area (Å²) in [7, 11) is 0. The van der Waals surface area contributed by atoms with Crippen LogP contribution in [0.2, 0.25) is 0 Å². The zero-order valence-electron chi connectivity index (χ0n) is 14.9. The van der Waals surface area contributed by atoms with Crippen LogP contribution < -0.4 is 10.1 Å². The molecule has 1 aliphatic heterocycles. The molecule has 0 bridgehead atoms. The molecule has 1 N–H and O–H groups in total. The van der Waals surface area contributed by atoms with Gasteiger partial charge in [-0.05, 0) is 35.9 Å². The maximum atomic E-state index is 14.6. The third kappa shape index (κ3) is 5.39. The molecule has 29 heavy (non-hydrogen) atoms. The lowest BCUT2D eigenvalue weighted by atomic mass is 9.94. The summed E-state index contributed by atoms with van der Waals surface area (Å²) < 4.78 is 95.0. The highest BCUT2D eigenvalue weighted by atomic mass is 19.4. The van der Waals surface area contributed by atoms with Crippen LogP contribution in [0.5, 0.6) is 5.75 Å². The Morgan fingerprint density at radius 2 is 1.52 bits per heavy atom. The van der Waals surface area contributed by atoms with E-state index in [2.05, 4.69) is 10.1 Å². The van der Waals surface area contributed by atoms with Gasteiger partial charge in [0.15, 0.2) is 0 Å². The third-order valence-corrected chi connectivity index (χ3v) is 4.56. The van der Waals surface area contributed by atoms with Crippen LogP contribution in [0.4, 0.5) is 30.7 Å². The molecule has 0 aromatic heterocycles. The minimum absolute atomic E-state index is 0.189. The predicted molar refractivity (Wildman–Crippen MR) is 90.8 cm³/mol. The Kier molecular flexibility index (Phi) is 6.04. The first-order valence-electron chi connectivity index (χ1n) is 8.72. The van der Waals surface area contributed by atoms with Crippen LogP contribution >= 0.6 is 0 Å². The Morgan fingerprint density at radius 1 is 0.897 bits per heavy atom. The second-order valence-electron chi connectivity index (χ2n) is 6.54. The molecule has 0 spiro atoms. The lowest BCUT2D eigenvalue weighted by Gasteiger charge is -2.36. The smallest absolute Gasteiger partial charge is 0.406 e. The summed E-state index contributed by atoms with van der Waals surface area (Å²) in [4.78, 5) is 1.79. The van der Waals surface area contributed by atoms with E-state index in [4.69, 9.17) is 0 Å². The molecule has 1 atom stereocenters. The molecule has 158 valence electrons. The number of rotatable bonds is 4. The van der Waals surface area contributed by atoms with Crippen LogP contribution in [0.1, 0.15) is 22.7 Å². The van der Waals surface area contributed by atoms with Crippen molar-refractivity contribution >= 4 is 0 Å². The molecule has 3 rings (SSSR count). The van der Waals surface area contributed by atoms with Crippen LogP contribution in [0, 0.1) is 5.82 Å². The maximum absolute atomic E-state index is 14.6. The molecule has 3 nitrogen and oxygen atoms in total. The Bertz CT molecular complexity index is 828. The summed E-state index contributed by atoms with van der Waals surface area (Å²) in [6.45, 7) is 1.96. The fourth-order valence-corrected chi connectivity index (χ4v) is 3.31. The topological polar surface area (TPSA) is 24.5 Å². The van der Waals surface area contributed by atoms with Crippen LogP contribution in [0.15, 0.2) is 42.5 Å². The minimum Gasteiger partial charge on any atom is -0.406 e. The van der Waals surface area contributed by atoms with Gasteiger partial charge in [0.05, 0.1) is 11.6 Å². The standard InChI is InChI=1S/C19H17F7N2O/c20-16-6-3-13(18(21,22)23)11-15(16)17(28-9-7-27-8-10-28)12-1-4-14(5-2-12)29-19(24,25)26/h1-6,11,17,27H,7-10H2/t17-/m1/s1. The van der Waals surface area contributed by atoms with Gasteiger partial charge < -0.3 is 10.1 Å². The fourth-order valence-electron chi connectivity index (χ4n) is 3.31. The average Bonchev–Trinajstić information content (AvgIpc) is 2.63. The molecule has 1 fully saturated rings. The second kappa shape index (κ2) is 8.19. The van der Waals surface area contributed by atoms with E-state index < -0.39 is 35.7 Å². The van der Waals surface area contributed by atoms with Crippen molar-refractivity contribution in [1.29, 1.82) is 0 Å². The Hall–Kier alpha value is -2.33. The molecule has 0 amide bonds. The SMILES string of the molecule is Fc1ccc(C(F)(F)F)cc1[C@@H](c1ccc(OC(F)(F)F)cc1)N1CCNCC1. The van der Waals surface area contributed by atoms with Gasteiger partial charge in [-0.15, -0.1) is 13.2 Å². The summed E-state index contributed by atoms with van der Waals surface area (Å²) in [5.74, 6) is -1.29. The normalized spacial score (nSPS) is 17.2. The third-order valence-electron chi connectivity index (χ3n) is 4.56. The van der Waals surface area contributed by atoms with Gasteiger partial charge in [-0.25, -0.2) is 4.39 Å². The van der Waals surface area contributed by atoms with Crippen molar-refractivity contribution in [3.05, 3.63) is 65.0 Å². The first kappa shape index (κ1) is 21.4. The van der Waals surface area contributed by atoms with Crippen LogP contribution in [-0.2, 0) is 6.18 Å². The zero-order valence-corrected chi connectivity index (χ0v) is 14.9. The Balaban J connectivity index is 2.02. The van der Waals surface area contributed by atoms with Crippen molar-refractivity contribution in [3.8, 4) is 5.75 Å². The summed E-state index contributed by atoms with van der Waals surface area (Å²) in [5, 5.41) is 3.10. The Morgan fingerprint density at radius 3 is 2.07 bits per heavy atom. The van der Waals surface area contributed by atoms with Crippen molar-refractivity contribution in [2.75, 3.05) is 26.2 Å². The maximum Gasteiger partial charge on any atom is 0.573 e. The first-order valence-corrected chi connectivity index (χ1v) is 8.72. The summed E-state index contributed by atoms with van der Waals surface area (Å²) >= 11 is 0. The highest BCUT2D eigenvalue weighted by Gasteiger charge is 2.34. The number of hydrogen-bond acceptors (Lipinski definition) is 3. The van der Waals surface area contributed by atoms with E-state index in [9.17, 15) is 30.7 Å². The Labute approximate surface area is 162 Å². The molecule has 1 saturated heterocycles. The number of nitrogens with zero attached hydrogens (tertiary/aromatic N) is 1. The van der Waals surface area contributed by atoms with Gasteiger partial charge in [-0.3, -0.25) is 4.90 Å². The van der Waals surface area contributed by atoms with Crippen LogP contribution in [-0.4, -0.2) is 37.4 Å². The minimum atomic E-state index is -4.87. The number of halogens is 7. The zero-order chi connectivity index (χ0) is 21.2. The van der Waals surface area contributed by atoms with Crippen molar-refractivity contribution in [2.45, 2.75) is 18.6 Å². The molecule has 0 saturated carbocycles. The van der Waals surface area contributed by atoms with Gasteiger partial charge in [0, 0.05) is 31.7 Å². The number of piperazine rings is 1. The number of benzene rings is 2.